The van der Waals surface area contributed by atoms with Crippen LogP contribution in [0.4, 0.5) is 0 Å². The first-order valence-electron chi connectivity index (χ1n) is 8.70. The summed E-state index contributed by atoms with van der Waals surface area (Å²) in [6.45, 7) is 3.12. The summed E-state index contributed by atoms with van der Waals surface area (Å²) in [4.78, 5) is 4.59. The largest absolute Gasteiger partial charge is 0.497 e. The van der Waals surface area contributed by atoms with Crippen LogP contribution in [-0.4, -0.2) is 41.3 Å². The van der Waals surface area contributed by atoms with Gasteiger partial charge in [0, 0.05) is 26.4 Å². The van der Waals surface area contributed by atoms with Crippen LogP contribution in [0.1, 0.15) is 16.7 Å². The summed E-state index contributed by atoms with van der Waals surface area (Å²) in [7, 11) is 0.185. The fourth-order valence-corrected chi connectivity index (χ4v) is 3.72. The van der Waals surface area contributed by atoms with Gasteiger partial charge in [-0.3, -0.25) is 4.99 Å². The maximum atomic E-state index is 11.7. The standard InChI is InChI=1S/C20H27N3O3S.HI/c1-15-13-17(7-10-19(15)27(4,24)25)14-23-20(21-2)22-12-11-16-5-8-18(26-3)9-6-16;/h5-10,13H,11-12,14H2,1-4H3,(H2,21,22,23);1H. The van der Waals surface area contributed by atoms with Crippen molar-refractivity contribution in [3.8, 4) is 5.75 Å². The second kappa shape index (κ2) is 11.3. The maximum absolute atomic E-state index is 11.7. The number of guanidine groups is 1. The Hall–Kier alpha value is -1.81. The molecule has 0 atom stereocenters. The van der Waals surface area contributed by atoms with Crippen LogP contribution in [-0.2, 0) is 22.8 Å². The number of sulfone groups is 1. The molecule has 8 heteroatoms. The topological polar surface area (TPSA) is 79.8 Å². The smallest absolute Gasteiger partial charge is 0.191 e. The summed E-state index contributed by atoms with van der Waals surface area (Å²) in [5.41, 5.74) is 2.96. The summed E-state index contributed by atoms with van der Waals surface area (Å²) < 4.78 is 28.6. The van der Waals surface area contributed by atoms with Gasteiger partial charge in [0.2, 0.25) is 0 Å². The van der Waals surface area contributed by atoms with Crippen molar-refractivity contribution in [2.24, 2.45) is 4.99 Å². The van der Waals surface area contributed by atoms with Gasteiger partial charge < -0.3 is 15.4 Å². The first kappa shape index (κ1) is 24.2. The molecule has 6 nitrogen and oxygen atoms in total. The highest BCUT2D eigenvalue weighted by Gasteiger charge is 2.10. The Morgan fingerprint density at radius 1 is 1.07 bits per heavy atom. The normalized spacial score (nSPS) is 11.5. The number of aliphatic imine (C=N–C) groups is 1. The van der Waals surface area contributed by atoms with Crippen molar-refractivity contribution >= 4 is 39.8 Å². The third kappa shape index (κ3) is 7.31. The molecule has 0 aromatic heterocycles. The second-order valence-corrected chi connectivity index (χ2v) is 8.31. The molecule has 0 bridgehead atoms. The van der Waals surface area contributed by atoms with Gasteiger partial charge in [-0.05, 0) is 48.2 Å². The van der Waals surface area contributed by atoms with Crippen molar-refractivity contribution in [3.05, 3.63) is 59.2 Å². The van der Waals surface area contributed by atoms with E-state index >= 15 is 0 Å². The molecule has 154 valence electrons. The van der Waals surface area contributed by atoms with E-state index in [1.54, 1.807) is 20.2 Å². The molecule has 2 aromatic rings. The van der Waals surface area contributed by atoms with Crippen LogP contribution in [0.25, 0.3) is 0 Å². The van der Waals surface area contributed by atoms with Crippen molar-refractivity contribution in [2.75, 3.05) is 27.0 Å². The molecule has 0 radical (unpaired) electrons. The number of nitrogens with one attached hydrogen (secondary N) is 2. The number of rotatable bonds is 7. The average Bonchev–Trinajstić information content (AvgIpc) is 2.64. The lowest BCUT2D eigenvalue weighted by molar-refractivity contribution is 0.414. The van der Waals surface area contributed by atoms with Crippen molar-refractivity contribution < 1.29 is 13.2 Å². The Morgan fingerprint density at radius 2 is 1.71 bits per heavy atom. The fraction of sp³-hybridized carbons (Fsp3) is 0.350. The van der Waals surface area contributed by atoms with Crippen LogP contribution in [0.2, 0.25) is 0 Å². The number of halogens is 1. The Balaban J connectivity index is 0.00000392. The van der Waals surface area contributed by atoms with Gasteiger partial charge in [-0.15, -0.1) is 24.0 Å². The first-order chi connectivity index (χ1) is 12.8. The molecule has 2 aromatic carbocycles. The molecule has 0 aliphatic rings. The van der Waals surface area contributed by atoms with Gasteiger partial charge >= 0.3 is 0 Å². The molecule has 0 aliphatic heterocycles. The van der Waals surface area contributed by atoms with Crippen molar-refractivity contribution in [1.82, 2.24) is 10.6 Å². The van der Waals surface area contributed by atoms with Crippen LogP contribution in [0.5, 0.6) is 5.75 Å². The third-order valence-corrected chi connectivity index (χ3v) is 5.44. The number of hydrogen-bond donors (Lipinski definition) is 2. The van der Waals surface area contributed by atoms with E-state index in [9.17, 15) is 8.42 Å². The summed E-state index contributed by atoms with van der Waals surface area (Å²) >= 11 is 0. The first-order valence-corrected chi connectivity index (χ1v) is 10.6. The highest BCUT2D eigenvalue weighted by molar-refractivity contribution is 14.0. The molecule has 28 heavy (non-hydrogen) atoms. The molecular formula is C20H28IN3O3S. The van der Waals surface area contributed by atoms with Crippen LogP contribution in [0.3, 0.4) is 0 Å². The number of benzene rings is 2. The predicted molar refractivity (Wildman–Crippen MR) is 125 cm³/mol. The minimum Gasteiger partial charge on any atom is -0.497 e. The number of hydrogen-bond acceptors (Lipinski definition) is 4. The van der Waals surface area contributed by atoms with Gasteiger partial charge in [-0.1, -0.05) is 24.3 Å². The number of nitrogens with zero attached hydrogens (tertiary/aromatic N) is 1. The van der Waals surface area contributed by atoms with Crippen LogP contribution in [0, 0.1) is 6.92 Å². The number of methoxy groups -OCH3 is 1. The molecule has 0 aliphatic carbocycles. The third-order valence-electron chi connectivity index (χ3n) is 4.19. The summed E-state index contributed by atoms with van der Waals surface area (Å²) in [5.74, 6) is 1.55. The van der Waals surface area contributed by atoms with Gasteiger partial charge in [0.1, 0.15) is 5.75 Å². The number of aryl methyl sites for hydroxylation is 1. The zero-order chi connectivity index (χ0) is 19.9. The second-order valence-electron chi connectivity index (χ2n) is 6.32. The van der Waals surface area contributed by atoms with E-state index in [1.165, 1.54) is 11.8 Å². The van der Waals surface area contributed by atoms with Gasteiger partial charge in [-0.2, -0.15) is 0 Å². The summed E-state index contributed by atoms with van der Waals surface area (Å²) in [6.07, 6.45) is 2.09. The van der Waals surface area contributed by atoms with Gasteiger partial charge in [-0.25, -0.2) is 8.42 Å². The quantitative estimate of drug-likeness (QED) is 0.336. The Morgan fingerprint density at radius 3 is 2.25 bits per heavy atom. The lowest BCUT2D eigenvalue weighted by atomic mass is 10.1. The zero-order valence-corrected chi connectivity index (χ0v) is 19.8. The van der Waals surface area contributed by atoms with E-state index in [0.29, 0.717) is 17.4 Å². The molecule has 2 rings (SSSR count). The average molecular weight is 517 g/mol. The minimum absolute atomic E-state index is 0. The maximum Gasteiger partial charge on any atom is 0.191 e. The van der Waals surface area contributed by atoms with Crippen molar-refractivity contribution in [1.29, 1.82) is 0 Å². The molecule has 0 spiro atoms. The van der Waals surface area contributed by atoms with E-state index in [-0.39, 0.29) is 24.0 Å². The van der Waals surface area contributed by atoms with E-state index in [2.05, 4.69) is 15.6 Å². The lowest BCUT2D eigenvalue weighted by Gasteiger charge is -2.13. The molecular weight excluding hydrogens is 489 g/mol. The van der Waals surface area contributed by atoms with Crippen molar-refractivity contribution in [3.63, 3.8) is 0 Å². The van der Waals surface area contributed by atoms with Crippen LogP contribution >= 0.6 is 24.0 Å². The van der Waals surface area contributed by atoms with E-state index in [0.717, 1.165) is 29.8 Å². The molecule has 2 N–H and O–H groups in total. The molecule has 0 saturated carbocycles. The van der Waals surface area contributed by atoms with E-state index in [4.69, 9.17) is 4.74 Å². The molecule has 0 unspecified atom stereocenters. The minimum atomic E-state index is -3.19. The molecule has 0 amide bonds. The molecule has 0 fully saturated rings. The molecule has 0 heterocycles. The van der Waals surface area contributed by atoms with Crippen LogP contribution in [0.15, 0.2) is 52.4 Å². The Labute approximate surface area is 184 Å². The van der Waals surface area contributed by atoms with E-state index < -0.39 is 9.84 Å². The highest BCUT2D eigenvalue weighted by Crippen LogP contribution is 2.16. The predicted octanol–water partition coefficient (Wildman–Crippen LogP) is 2.93. The van der Waals surface area contributed by atoms with Gasteiger partial charge in [0.25, 0.3) is 0 Å². The zero-order valence-electron chi connectivity index (χ0n) is 16.7. The van der Waals surface area contributed by atoms with E-state index in [1.807, 2.05) is 43.3 Å². The molecule has 0 saturated heterocycles. The van der Waals surface area contributed by atoms with Crippen LogP contribution < -0.4 is 15.4 Å². The SMILES string of the molecule is CN=C(NCCc1ccc(OC)cc1)NCc1ccc(S(C)(=O)=O)c(C)c1.I. The van der Waals surface area contributed by atoms with Crippen molar-refractivity contribution in [2.45, 2.75) is 24.8 Å². The van der Waals surface area contributed by atoms with Gasteiger partial charge in [0.15, 0.2) is 15.8 Å². The van der Waals surface area contributed by atoms with Gasteiger partial charge in [0.05, 0.1) is 12.0 Å². The number of ether oxygens (including phenoxy) is 1. The summed E-state index contributed by atoms with van der Waals surface area (Å²) in [5, 5.41) is 6.52. The summed E-state index contributed by atoms with van der Waals surface area (Å²) in [6, 6.07) is 13.3. The Kier molecular flexibility index (Phi) is 9.74. The Bertz CT molecular complexity index is 897. The lowest BCUT2D eigenvalue weighted by Crippen LogP contribution is -2.37. The highest BCUT2D eigenvalue weighted by atomic mass is 127. The monoisotopic (exact) mass is 517 g/mol. The fourth-order valence-electron chi connectivity index (χ4n) is 2.76.